The van der Waals surface area contributed by atoms with E-state index in [1.54, 1.807) is 19.2 Å². The highest BCUT2D eigenvalue weighted by atomic mass is 32.2. The van der Waals surface area contributed by atoms with Gasteiger partial charge in [0.1, 0.15) is 11.0 Å². The van der Waals surface area contributed by atoms with Crippen LogP contribution in [0.5, 0.6) is 5.75 Å². The van der Waals surface area contributed by atoms with Crippen LogP contribution in [-0.2, 0) is 21.4 Å². The van der Waals surface area contributed by atoms with Crippen molar-refractivity contribution in [2.75, 3.05) is 20.8 Å². The average Bonchev–Trinajstić information content (AvgIpc) is 3.03. The van der Waals surface area contributed by atoms with Crippen LogP contribution in [0.15, 0.2) is 54.6 Å². The summed E-state index contributed by atoms with van der Waals surface area (Å²) in [5.41, 5.74) is 1.76. The molecule has 2 aromatic rings. The molecule has 0 radical (unpaired) electrons. The number of hydrogen-bond donors (Lipinski definition) is 1. The van der Waals surface area contributed by atoms with Crippen molar-refractivity contribution in [3.05, 3.63) is 65.7 Å². The Bertz CT molecular complexity index is 811. The highest BCUT2D eigenvalue weighted by Crippen LogP contribution is 2.34. The van der Waals surface area contributed by atoms with E-state index in [2.05, 4.69) is 4.72 Å². The number of hydrogen-bond acceptors (Lipinski definition) is 5. The Hall–Kier alpha value is -1.93. The van der Waals surface area contributed by atoms with Gasteiger partial charge in [-0.15, -0.1) is 0 Å². The maximum absolute atomic E-state index is 12.8. The third kappa shape index (κ3) is 4.01. The highest BCUT2D eigenvalue weighted by Gasteiger charge is 2.43. The summed E-state index contributed by atoms with van der Waals surface area (Å²) < 4.78 is 33.6. The lowest BCUT2D eigenvalue weighted by molar-refractivity contribution is -0.110. The Morgan fingerprint density at radius 2 is 1.96 bits per heavy atom. The molecule has 25 heavy (non-hydrogen) atoms. The van der Waals surface area contributed by atoms with Gasteiger partial charge in [0.05, 0.1) is 19.8 Å². The Morgan fingerprint density at radius 1 is 1.20 bits per heavy atom. The van der Waals surface area contributed by atoms with Crippen molar-refractivity contribution in [1.82, 2.24) is 9.79 Å². The fraction of sp³-hybridized carbons (Fsp3) is 0.333. The van der Waals surface area contributed by atoms with Crippen molar-refractivity contribution in [3.63, 3.8) is 0 Å². The van der Waals surface area contributed by atoms with Crippen LogP contribution in [0.4, 0.5) is 0 Å². The number of hydroxylamine groups is 2. The molecule has 1 fully saturated rings. The second-order valence-electron chi connectivity index (χ2n) is 5.95. The van der Waals surface area contributed by atoms with E-state index in [1.807, 2.05) is 54.6 Å². The maximum atomic E-state index is 12.8. The summed E-state index contributed by atoms with van der Waals surface area (Å²) >= 11 is 0. The first-order valence-corrected chi connectivity index (χ1v) is 9.58. The maximum Gasteiger partial charge on any atom is 0.219 e. The Morgan fingerprint density at radius 3 is 2.68 bits per heavy atom. The molecule has 0 saturated carbocycles. The zero-order valence-electron chi connectivity index (χ0n) is 14.3. The number of benzene rings is 2. The number of nitrogens with zero attached hydrogens (tertiary/aromatic N) is 1. The summed E-state index contributed by atoms with van der Waals surface area (Å²) in [5, 5.41) is 0.898. The molecule has 2 atom stereocenters. The van der Waals surface area contributed by atoms with E-state index in [1.165, 1.54) is 0 Å². The molecule has 1 aliphatic rings. The van der Waals surface area contributed by atoms with E-state index < -0.39 is 21.3 Å². The minimum absolute atomic E-state index is 0.114. The fourth-order valence-corrected chi connectivity index (χ4v) is 4.48. The first kappa shape index (κ1) is 17.9. The smallest absolute Gasteiger partial charge is 0.219 e. The topological polar surface area (TPSA) is 67.9 Å². The van der Waals surface area contributed by atoms with E-state index in [9.17, 15) is 8.42 Å². The van der Waals surface area contributed by atoms with Crippen LogP contribution in [-0.4, -0.2) is 39.5 Å². The van der Waals surface area contributed by atoms with Crippen LogP contribution >= 0.6 is 0 Å². The zero-order valence-corrected chi connectivity index (χ0v) is 15.1. The van der Waals surface area contributed by atoms with Gasteiger partial charge in [-0.3, -0.25) is 4.84 Å². The lowest BCUT2D eigenvalue weighted by Crippen LogP contribution is -2.39. The van der Waals surface area contributed by atoms with Crippen LogP contribution in [0, 0.1) is 0 Å². The summed E-state index contributed by atoms with van der Waals surface area (Å²) in [7, 11) is -0.232. The number of ether oxygens (including phenoxy) is 1. The van der Waals surface area contributed by atoms with E-state index in [0.717, 1.165) is 11.1 Å². The van der Waals surface area contributed by atoms with Crippen molar-refractivity contribution >= 4 is 10.0 Å². The summed E-state index contributed by atoms with van der Waals surface area (Å²) in [5.74, 6) is 0.686. The zero-order chi connectivity index (χ0) is 17.9. The Labute approximate surface area is 148 Å². The Kier molecular flexibility index (Phi) is 5.39. The molecule has 134 valence electrons. The molecule has 0 aliphatic carbocycles. The molecular formula is C18H22N2O4S. The van der Waals surface area contributed by atoms with Crippen LogP contribution in [0.1, 0.15) is 17.2 Å². The summed E-state index contributed by atoms with van der Waals surface area (Å²) in [6, 6.07) is 16.5. The van der Waals surface area contributed by atoms with E-state index in [4.69, 9.17) is 9.57 Å². The van der Waals surface area contributed by atoms with Gasteiger partial charge in [0.25, 0.3) is 0 Å². The van der Waals surface area contributed by atoms with Crippen molar-refractivity contribution in [1.29, 1.82) is 0 Å². The molecular weight excluding hydrogens is 340 g/mol. The van der Waals surface area contributed by atoms with Crippen molar-refractivity contribution in [2.24, 2.45) is 0 Å². The standard InChI is InChI=1S/C18H22N2O4S/c1-20-18(15-9-6-10-16(11-15)23-2)17(13-24-20)25(21,22)19-12-14-7-4-3-5-8-14/h3-11,17-19H,12-13H2,1-2H3/t17-,18-/m0/s1. The van der Waals surface area contributed by atoms with Crippen molar-refractivity contribution in [2.45, 2.75) is 17.8 Å². The van der Waals surface area contributed by atoms with Crippen LogP contribution in [0.25, 0.3) is 0 Å². The van der Waals surface area contributed by atoms with Crippen molar-refractivity contribution in [3.8, 4) is 5.75 Å². The van der Waals surface area contributed by atoms with Gasteiger partial charge in [-0.25, -0.2) is 13.1 Å². The molecule has 0 aromatic heterocycles. The molecule has 3 rings (SSSR count). The van der Waals surface area contributed by atoms with Crippen LogP contribution < -0.4 is 9.46 Å². The second-order valence-corrected chi connectivity index (χ2v) is 7.94. The predicted molar refractivity (Wildman–Crippen MR) is 95.4 cm³/mol. The minimum atomic E-state index is -3.57. The molecule has 0 bridgehead atoms. The van der Waals surface area contributed by atoms with Gasteiger partial charge in [-0.05, 0) is 23.3 Å². The predicted octanol–water partition coefficient (Wildman–Crippen LogP) is 2.10. The van der Waals surface area contributed by atoms with Gasteiger partial charge in [0.15, 0.2) is 0 Å². The highest BCUT2D eigenvalue weighted by molar-refractivity contribution is 7.90. The number of rotatable bonds is 6. The first-order chi connectivity index (χ1) is 12.0. The third-order valence-electron chi connectivity index (χ3n) is 4.34. The largest absolute Gasteiger partial charge is 0.497 e. The molecule has 0 amide bonds. The molecule has 0 spiro atoms. The van der Waals surface area contributed by atoms with E-state index >= 15 is 0 Å². The van der Waals surface area contributed by atoms with Gasteiger partial charge in [0, 0.05) is 13.6 Å². The molecule has 1 heterocycles. The van der Waals surface area contributed by atoms with Crippen molar-refractivity contribution < 1.29 is 18.0 Å². The lowest BCUT2D eigenvalue weighted by atomic mass is 10.0. The van der Waals surface area contributed by atoms with Gasteiger partial charge < -0.3 is 4.74 Å². The second kappa shape index (κ2) is 7.53. The van der Waals surface area contributed by atoms with Crippen LogP contribution in [0.2, 0.25) is 0 Å². The minimum Gasteiger partial charge on any atom is -0.497 e. The quantitative estimate of drug-likeness (QED) is 0.852. The normalized spacial score (nSPS) is 21.4. The van der Waals surface area contributed by atoms with E-state index in [0.29, 0.717) is 5.75 Å². The fourth-order valence-electron chi connectivity index (χ4n) is 2.99. The number of methoxy groups -OCH3 is 1. The average molecular weight is 362 g/mol. The molecule has 0 unspecified atom stereocenters. The first-order valence-electron chi connectivity index (χ1n) is 8.03. The SMILES string of the molecule is COc1cccc([C@H]2[C@@H](S(=O)(=O)NCc3ccccc3)CON2C)c1. The van der Waals surface area contributed by atoms with E-state index in [-0.39, 0.29) is 13.2 Å². The van der Waals surface area contributed by atoms with Crippen LogP contribution in [0.3, 0.4) is 0 Å². The monoisotopic (exact) mass is 362 g/mol. The molecule has 6 nitrogen and oxygen atoms in total. The summed E-state index contributed by atoms with van der Waals surface area (Å²) in [6.45, 7) is 0.372. The van der Waals surface area contributed by atoms with Gasteiger partial charge in [-0.2, -0.15) is 5.06 Å². The number of nitrogens with one attached hydrogen (secondary N) is 1. The summed E-state index contributed by atoms with van der Waals surface area (Å²) in [4.78, 5) is 5.52. The third-order valence-corrected chi connectivity index (χ3v) is 6.08. The number of sulfonamides is 1. The van der Waals surface area contributed by atoms with Gasteiger partial charge in [0.2, 0.25) is 10.0 Å². The molecule has 7 heteroatoms. The lowest BCUT2D eigenvalue weighted by Gasteiger charge is -2.23. The molecule has 2 aromatic carbocycles. The van der Waals surface area contributed by atoms with Gasteiger partial charge >= 0.3 is 0 Å². The summed E-state index contributed by atoms with van der Waals surface area (Å²) in [6.07, 6.45) is 0. The molecule has 1 aliphatic heterocycles. The van der Waals surface area contributed by atoms with Gasteiger partial charge in [-0.1, -0.05) is 42.5 Å². The Balaban J connectivity index is 1.81. The molecule has 1 N–H and O–H groups in total. The molecule has 1 saturated heterocycles.